The van der Waals surface area contributed by atoms with Crippen molar-refractivity contribution in [3.8, 4) is 5.75 Å². The molecule has 34 heavy (non-hydrogen) atoms. The standard InChI is InChI=1S/C23H26BrCl2N5O3/c1-4-5-10-27-23(33)28-12-19(32)30(3)17-9-8-16(25)15(20(17)26)13-34-18-7-6-11-31-21(24)14(2)29-22(18)31/h6-9,11H,4-5,10,12-13H2,1-3H3,(H2,27,28,33). The van der Waals surface area contributed by atoms with Crippen LogP contribution >= 0.6 is 39.1 Å². The molecule has 0 aliphatic heterocycles. The highest BCUT2D eigenvalue weighted by Crippen LogP contribution is 2.35. The number of likely N-dealkylation sites (N-methyl/N-ethyl adjacent to an activating group) is 1. The lowest BCUT2D eigenvalue weighted by atomic mass is 10.2. The Kier molecular flexibility index (Phi) is 9.04. The first-order chi connectivity index (χ1) is 16.2. The van der Waals surface area contributed by atoms with Crippen LogP contribution in [0.15, 0.2) is 35.1 Å². The first kappa shape index (κ1) is 26.1. The molecule has 1 aromatic carbocycles. The van der Waals surface area contributed by atoms with Gasteiger partial charge in [-0.2, -0.15) is 0 Å². The molecule has 3 rings (SSSR count). The third-order valence-electron chi connectivity index (χ3n) is 5.20. The Labute approximate surface area is 216 Å². The number of halogens is 3. The number of amides is 3. The van der Waals surface area contributed by atoms with Crippen molar-refractivity contribution < 1.29 is 14.3 Å². The SMILES string of the molecule is CCCCNC(=O)NCC(=O)N(C)c1ccc(Cl)c(COc2cccn3c(Br)c(C)nc23)c1Cl. The number of aryl methyl sites for hydroxylation is 1. The summed E-state index contributed by atoms with van der Waals surface area (Å²) in [5, 5.41) is 5.97. The third-order valence-corrected chi connectivity index (χ3v) is 6.94. The van der Waals surface area contributed by atoms with Crippen LogP contribution in [0.1, 0.15) is 31.0 Å². The Bertz CT molecular complexity index is 1200. The number of unbranched alkanes of at least 4 members (excludes halogenated alkanes) is 1. The predicted octanol–water partition coefficient (Wildman–Crippen LogP) is 5.35. The van der Waals surface area contributed by atoms with Crippen LogP contribution < -0.4 is 20.3 Å². The zero-order valence-electron chi connectivity index (χ0n) is 19.1. The molecule has 2 heterocycles. The van der Waals surface area contributed by atoms with E-state index in [0.29, 0.717) is 39.2 Å². The van der Waals surface area contributed by atoms with E-state index in [4.69, 9.17) is 27.9 Å². The molecule has 8 nitrogen and oxygen atoms in total. The molecule has 182 valence electrons. The molecular formula is C23H26BrCl2N5O3. The number of nitrogens with one attached hydrogen (secondary N) is 2. The molecule has 0 saturated carbocycles. The van der Waals surface area contributed by atoms with Crippen molar-refractivity contribution >= 4 is 62.4 Å². The molecule has 3 amide bonds. The van der Waals surface area contributed by atoms with Crippen LogP contribution in [-0.2, 0) is 11.4 Å². The number of hydrogen-bond acceptors (Lipinski definition) is 4. The van der Waals surface area contributed by atoms with Crippen molar-refractivity contribution in [2.75, 3.05) is 25.0 Å². The van der Waals surface area contributed by atoms with Crippen LogP contribution in [-0.4, -0.2) is 41.5 Å². The fraction of sp³-hybridized carbons (Fsp3) is 0.348. The Morgan fingerprint density at radius 1 is 1.24 bits per heavy atom. The van der Waals surface area contributed by atoms with Crippen molar-refractivity contribution in [3.05, 3.63) is 56.4 Å². The van der Waals surface area contributed by atoms with Gasteiger partial charge >= 0.3 is 6.03 Å². The molecule has 0 aliphatic carbocycles. The van der Waals surface area contributed by atoms with Gasteiger partial charge in [-0.25, -0.2) is 9.78 Å². The van der Waals surface area contributed by atoms with Gasteiger partial charge in [0.25, 0.3) is 0 Å². The van der Waals surface area contributed by atoms with Gasteiger partial charge in [-0.3, -0.25) is 9.20 Å². The van der Waals surface area contributed by atoms with Gasteiger partial charge in [-0.05, 0) is 53.5 Å². The summed E-state index contributed by atoms with van der Waals surface area (Å²) in [6.07, 6.45) is 3.72. The maximum absolute atomic E-state index is 12.6. The summed E-state index contributed by atoms with van der Waals surface area (Å²) in [6.45, 7) is 4.39. The summed E-state index contributed by atoms with van der Waals surface area (Å²) in [6, 6.07) is 6.59. The fourth-order valence-corrected chi connectivity index (χ4v) is 4.20. The maximum Gasteiger partial charge on any atom is 0.315 e. The first-order valence-electron chi connectivity index (χ1n) is 10.8. The van der Waals surface area contributed by atoms with Crippen LogP contribution in [0.2, 0.25) is 10.0 Å². The van der Waals surface area contributed by atoms with E-state index in [-0.39, 0.29) is 25.1 Å². The van der Waals surface area contributed by atoms with Crippen molar-refractivity contribution in [2.24, 2.45) is 0 Å². The zero-order chi connectivity index (χ0) is 24.8. The van der Waals surface area contributed by atoms with Crippen LogP contribution in [0.25, 0.3) is 5.65 Å². The number of carbonyl (C=O) groups is 2. The molecule has 0 spiro atoms. The second-order valence-corrected chi connectivity index (χ2v) is 9.15. The molecule has 0 radical (unpaired) electrons. The number of urea groups is 1. The van der Waals surface area contributed by atoms with Gasteiger partial charge in [0.05, 0.1) is 22.9 Å². The minimum absolute atomic E-state index is 0.0782. The highest BCUT2D eigenvalue weighted by molar-refractivity contribution is 9.10. The topological polar surface area (TPSA) is 88.0 Å². The highest BCUT2D eigenvalue weighted by Gasteiger charge is 2.20. The molecule has 11 heteroatoms. The molecule has 2 N–H and O–H groups in total. The monoisotopic (exact) mass is 569 g/mol. The van der Waals surface area contributed by atoms with E-state index < -0.39 is 0 Å². The van der Waals surface area contributed by atoms with Gasteiger partial charge in [0.1, 0.15) is 11.2 Å². The van der Waals surface area contributed by atoms with E-state index in [0.717, 1.165) is 23.1 Å². The lowest BCUT2D eigenvalue weighted by Crippen LogP contribution is -2.43. The highest BCUT2D eigenvalue weighted by atomic mass is 79.9. The Hall–Kier alpha value is -2.49. The summed E-state index contributed by atoms with van der Waals surface area (Å²) in [5.74, 6) is 0.237. The van der Waals surface area contributed by atoms with Gasteiger partial charge in [0, 0.05) is 30.4 Å². The van der Waals surface area contributed by atoms with E-state index in [1.165, 1.54) is 4.90 Å². The number of rotatable bonds is 9. The number of fused-ring (bicyclic) bond motifs is 1. The van der Waals surface area contributed by atoms with Crippen molar-refractivity contribution in [2.45, 2.75) is 33.3 Å². The number of anilines is 1. The molecule has 3 aromatic rings. The molecular weight excluding hydrogens is 545 g/mol. The Morgan fingerprint density at radius 3 is 2.74 bits per heavy atom. The van der Waals surface area contributed by atoms with Gasteiger partial charge in [-0.1, -0.05) is 36.5 Å². The normalized spacial score (nSPS) is 10.9. The fourth-order valence-electron chi connectivity index (χ4n) is 3.22. The second kappa shape index (κ2) is 11.8. The lowest BCUT2D eigenvalue weighted by Gasteiger charge is -2.21. The molecule has 0 saturated heterocycles. The summed E-state index contributed by atoms with van der Waals surface area (Å²) in [5.41, 5.74) is 2.49. The van der Waals surface area contributed by atoms with Gasteiger partial charge in [0.2, 0.25) is 5.91 Å². The minimum Gasteiger partial charge on any atom is -0.485 e. The predicted molar refractivity (Wildman–Crippen MR) is 138 cm³/mol. The second-order valence-electron chi connectivity index (χ2n) is 7.62. The zero-order valence-corrected chi connectivity index (χ0v) is 22.2. The molecule has 0 fully saturated rings. The number of imidazole rings is 1. The van der Waals surface area contributed by atoms with E-state index in [9.17, 15) is 9.59 Å². The lowest BCUT2D eigenvalue weighted by molar-refractivity contribution is -0.117. The Balaban J connectivity index is 1.71. The number of carbonyl (C=O) groups excluding carboxylic acids is 2. The largest absolute Gasteiger partial charge is 0.485 e. The summed E-state index contributed by atoms with van der Waals surface area (Å²) in [4.78, 5) is 30.4. The van der Waals surface area contributed by atoms with E-state index >= 15 is 0 Å². The molecule has 0 aliphatic rings. The number of pyridine rings is 1. The van der Waals surface area contributed by atoms with Crippen molar-refractivity contribution in [1.82, 2.24) is 20.0 Å². The number of benzene rings is 1. The molecule has 0 bridgehead atoms. The van der Waals surface area contributed by atoms with Crippen LogP contribution in [0, 0.1) is 6.92 Å². The van der Waals surface area contributed by atoms with E-state index in [1.807, 2.05) is 36.6 Å². The molecule has 0 atom stereocenters. The Morgan fingerprint density at radius 2 is 2.00 bits per heavy atom. The summed E-state index contributed by atoms with van der Waals surface area (Å²) >= 11 is 16.5. The van der Waals surface area contributed by atoms with Gasteiger partial charge < -0.3 is 20.3 Å². The first-order valence-corrected chi connectivity index (χ1v) is 12.3. The number of ether oxygens (including phenoxy) is 1. The van der Waals surface area contributed by atoms with Crippen molar-refractivity contribution in [1.29, 1.82) is 0 Å². The van der Waals surface area contributed by atoms with E-state index in [1.54, 1.807) is 19.2 Å². The van der Waals surface area contributed by atoms with E-state index in [2.05, 4.69) is 31.5 Å². The average Bonchev–Trinajstić information content (AvgIpc) is 3.11. The third kappa shape index (κ3) is 5.95. The van der Waals surface area contributed by atoms with Crippen LogP contribution in [0.4, 0.5) is 10.5 Å². The molecule has 2 aromatic heterocycles. The number of hydrogen-bond donors (Lipinski definition) is 2. The minimum atomic E-state index is -0.387. The van der Waals surface area contributed by atoms with Crippen LogP contribution in [0.3, 0.4) is 0 Å². The number of nitrogens with zero attached hydrogens (tertiary/aromatic N) is 3. The quantitative estimate of drug-likeness (QED) is 0.339. The van der Waals surface area contributed by atoms with Crippen LogP contribution in [0.5, 0.6) is 5.75 Å². The van der Waals surface area contributed by atoms with Gasteiger partial charge in [-0.15, -0.1) is 0 Å². The smallest absolute Gasteiger partial charge is 0.315 e. The molecule has 0 unspecified atom stereocenters. The summed E-state index contributed by atoms with van der Waals surface area (Å²) in [7, 11) is 1.59. The number of aromatic nitrogens is 2. The maximum atomic E-state index is 12.6. The van der Waals surface area contributed by atoms with Crippen molar-refractivity contribution in [3.63, 3.8) is 0 Å². The summed E-state index contributed by atoms with van der Waals surface area (Å²) < 4.78 is 8.74. The van der Waals surface area contributed by atoms with Gasteiger partial charge in [0.15, 0.2) is 11.4 Å². The average molecular weight is 571 g/mol.